The van der Waals surface area contributed by atoms with Crippen LogP contribution < -0.4 is 4.90 Å². The first-order chi connectivity index (χ1) is 24.3. The van der Waals surface area contributed by atoms with Gasteiger partial charge in [-0.2, -0.15) is 0 Å². The van der Waals surface area contributed by atoms with Gasteiger partial charge < -0.3 is 9.32 Å². The molecular weight excluding hydrogens is 615 g/mol. The molecule has 0 aliphatic rings. The van der Waals surface area contributed by atoms with Gasteiger partial charge in [0.25, 0.3) is 0 Å². The number of benzene rings is 8. The van der Waals surface area contributed by atoms with E-state index in [-0.39, 0.29) is 0 Å². The van der Waals surface area contributed by atoms with Crippen LogP contribution in [0.1, 0.15) is 0 Å². The third kappa shape index (κ3) is 4.62. The molecule has 10 aromatic rings. The fourth-order valence-electron chi connectivity index (χ4n) is 7.29. The monoisotopic (exact) mass is 643 g/mol. The van der Waals surface area contributed by atoms with E-state index >= 15 is 0 Å². The van der Waals surface area contributed by atoms with E-state index in [2.05, 4.69) is 169 Å². The Bertz CT molecular complexity index is 2830. The van der Waals surface area contributed by atoms with E-state index in [9.17, 15) is 0 Å². The molecule has 0 saturated heterocycles. The van der Waals surface area contributed by atoms with Crippen molar-refractivity contribution in [1.82, 2.24) is 0 Å². The molecule has 0 radical (unpaired) electrons. The number of para-hydroxylation sites is 1. The molecule has 2 nitrogen and oxygen atoms in total. The molecule has 2 heterocycles. The first-order valence-corrected chi connectivity index (χ1v) is 17.4. The molecule has 0 aliphatic heterocycles. The third-order valence-corrected chi connectivity index (χ3v) is 10.8. The van der Waals surface area contributed by atoms with E-state index in [0.717, 1.165) is 33.3 Å². The zero-order chi connectivity index (χ0) is 32.3. The van der Waals surface area contributed by atoms with E-state index in [1.165, 1.54) is 58.9 Å². The van der Waals surface area contributed by atoms with Crippen LogP contribution in [0.25, 0.3) is 75.1 Å². The third-order valence-electron chi connectivity index (χ3n) is 9.64. The van der Waals surface area contributed by atoms with E-state index < -0.39 is 0 Å². The van der Waals surface area contributed by atoms with Crippen molar-refractivity contribution in [1.29, 1.82) is 0 Å². The molecule has 230 valence electrons. The van der Waals surface area contributed by atoms with Crippen LogP contribution in [0, 0.1) is 0 Å². The van der Waals surface area contributed by atoms with Gasteiger partial charge in [-0.1, -0.05) is 127 Å². The predicted molar refractivity (Wildman–Crippen MR) is 210 cm³/mol. The molecule has 0 fully saturated rings. The van der Waals surface area contributed by atoms with Crippen LogP contribution in [-0.4, -0.2) is 0 Å². The summed E-state index contributed by atoms with van der Waals surface area (Å²) in [7, 11) is 0. The summed E-state index contributed by atoms with van der Waals surface area (Å²) in [6, 6.07) is 63.3. The minimum absolute atomic E-state index is 0.877. The summed E-state index contributed by atoms with van der Waals surface area (Å²) in [5, 5.41) is 7.20. The number of rotatable bonds is 5. The first-order valence-electron chi connectivity index (χ1n) is 16.6. The number of nitrogens with zero attached hydrogens (tertiary/aromatic N) is 1. The fourth-order valence-corrected chi connectivity index (χ4v) is 8.53. The minimum Gasteiger partial charge on any atom is -0.456 e. The van der Waals surface area contributed by atoms with Crippen molar-refractivity contribution in [2.75, 3.05) is 4.90 Å². The Labute approximate surface area is 287 Å². The highest BCUT2D eigenvalue weighted by molar-refractivity contribution is 7.26. The Balaban J connectivity index is 1.26. The SMILES string of the molecule is c1ccc(-c2ccc3cc(N(c4ccc5c(c4)oc4ccccc45)c4c(-c5ccccc5)ccc5c4sc4ccccc45)ccc3c2)cc1. The largest absolute Gasteiger partial charge is 0.456 e. The molecule has 8 aromatic carbocycles. The maximum Gasteiger partial charge on any atom is 0.137 e. The highest BCUT2D eigenvalue weighted by Gasteiger charge is 2.24. The van der Waals surface area contributed by atoms with Crippen LogP contribution >= 0.6 is 11.3 Å². The predicted octanol–water partition coefficient (Wildman–Crippen LogP) is 13.9. The van der Waals surface area contributed by atoms with Crippen molar-refractivity contribution in [3.05, 3.63) is 176 Å². The lowest BCUT2D eigenvalue weighted by Gasteiger charge is -2.29. The van der Waals surface area contributed by atoms with Gasteiger partial charge in [-0.25, -0.2) is 0 Å². The number of hydrogen-bond acceptors (Lipinski definition) is 3. The van der Waals surface area contributed by atoms with Crippen molar-refractivity contribution in [2.24, 2.45) is 0 Å². The van der Waals surface area contributed by atoms with Gasteiger partial charge in [0, 0.05) is 49.2 Å². The molecule has 0 saturated carbocycles. The lowest BCUT2D eigenvalue weighted by atomic mass is 9.98. The van der Waals surface area contributed by atoms with Gasteiger partial charge in [0.15, 0.2) is 0 Å². The van der Waals surface area contributed by atoms with Crippen molar-refractivity contribution >= 4 is 81.3 Å². The van der Waals surface area contributed by atoms with Gasteiger partial charge in [-0.3, -0.25) is 0 Å². The van der Waals surface area contributed by atoms with E-state index in [0.29, 0.717) is 0 Å². The molecule has 10 rings (SSSR count). The van der Waals surface area contributed by atoms with Gasteiger partial charge in [-0.15, -0.1) is 11.3 Å². The Hall–Kier alpha value is -6.16. The number of furan rings is 1. The highest BCUT2D eigenvalue weighted by atomic mass is 32.1. The average Bonchev–Trinajstić information content (AvgIpc) is 3.74. The topological polar surface area (TPSA) is 16.4 Å². The van der Waals surface area contributed by atoms with Crippen LogP contribution in [0.2, 0.25) is 0 Å². The van der Waals surface area contributed by atoms with Crippen LogP contribution in [0.4, 0.5) is 17.1 Å². The molecule has 2 aromatic heterocycles. The maximum atomic E-state index is 6.47. The average molecular weight is 644 g/mol. The summed E-state index contributed by atoms with van der Waals surface area (Å²) >= 11 is 1.86. The van der Waals surface area contributed by atoms with Gasteiger partial charge >= 0.3 is 0 Å². The van der Waals surface area contributed by atoms with E-state index in [1.807, 2.05) is 23.5 Å². The minimum atomic E-state index is 0.877. The Morgan fingerprint density at radius 2 is 1.04 bits per heavy atom. The zero-order valence-electron chi connectivity index (χ0n) is 26.5. The smallest absolute Gasteiger partial charge is 0.137 e. The normalized spacial score (nSPS) is 11.7. The summed E-state index contributed by atoms with van der Waals surface area (Å²) in [6.07, 6.45) is 0. The number of hydrogen-bond donors (Lipinski definition) is 0. The molecule has 0 atom stereocenters. The second-order valence-electron chi connectivity index (χ2n) is 12.5. The summed E-state index contributed by atoms with van der Waals surface area (Å²) in [6.45, 7) is 0. The second kappa shape index (κ2) is 11.2. The van der Waals surface area contributed by atoms with Crippen LogP contribution in [0.3, 0.4) is 0 Å². The van der Waals surface area contributed by atoms with Crippen LogP contribution in [0.5, 0.6) is 0 Å². The Kier molecular flexibility index (Phi) is 6.39. The second-order valence-corrected chi connectivity index (χ2v) is 13.6. The molecule has 0 aliphatic carbocycles. The van der Waals surface area contributed by atoms with Gasteiger partial charge in [0.2, 0.25) is 0 Å². The molecule has 0 bridgehead atoms. The number of anilines is 3. The quantitative estimate of drug-likeness (QED) is 0.186. The van der Waals surface area contributed by atoms with Crippen LogP contribution in [-0.2, 0) is 0 Å². The number of thiophene rings is 1. The zero-order valence-corrected chi connectivity index (χ0v) is 27.3. The summed E-state index contributed by atoms with van der Waals surface area (Å²) < 4.78 is 9.00. The van der Waals surface area contributed by atoms with Crippen molar-refractivity contribution in [3.8, 4) is 22.3 Å². The summed E-state index contributed by atoms with van der Waals surface area (Å²) in [5.41, 5.74) is 9.89. The molecule has 0 unspecified atom stereocenters. The fraction of sp³-hybridized carbons (Fsp3) is 0. The summed E-state index contributed by atoms with van der Waals surface area (Å²) in [4.78, 5) is 2.44. The lowest BCUT2D eigenvalue weighted by Crippen LogP contribution is -2.11. The molecular formula is C46H29NOS. The van der Waals surface area contributed by atoms with Crippen molar-refractivity contribution < 1.29 is 4.42 Å². The highest BCUT2D eigenvalue weighted by Crippen LogP contribution is 2.50. The molecule has 0 N–H and O–H groups in total. The van der Waals surface area contributed by atoms with Gasteiger partial charge in [0.05, 0.1) is 10.4 Å². The number of fused-ring (bicyclic) bond motifs is 7. The molecule has 0 spiro atoms. The first kappa shape index (κ1) is 27.9. The molecule has 0 amide bonds. The Morgan fingerprint density at radius 1 is 0.408 bits per heavy atom. The standard InChI is InChI=1S/C46H29NOS/c1-3-11-30(12-4-1)32-19-20-34-28-35(22-21-33(34)27-32)47(36-23-24-39-38-15-7-9-17-42(38)48-43(39)29-36)45-37(31-13-5-2-6-14-31)25-26-41-40-16-8-10-18-44(40)49-46(41)45/h1-29H. The summed E-state index contributed by atoms with van der Waals surface area (Å²) in [5.74, 6) is 0. The van der Waals surface area contributed by atoms with Crippen LogP contribution in [0.15, 0.2) is 180 Å². The van der Waals surface area contributed by atoms with E-state index in [1.54, 1.807) is 0 Å². The lowest BCUT2D eigenvalue weighted by molar-refractivity contribution is 0.669. The molecule has 3 heteroatoms. The van der Waals surface area contributed by atoms with Gasteiger partial charge in [0.1, 0.15) is 11.2 Å². The van der Waals surface area contributed by atoms with Crippen molar-refractivity contribution in [3.63, 3.8) is 0 Å². The van der Waals surface area contributed by atoms with E-state index in [4.69, 9.17) is 4.42 Å². The maximum absolute atomic E-state index is 6.47. The van der Waals surface area contributed by atoms with Gasteiger partial charge in [-0.05, 0) is 69.9 Å². The Morgan fingerprint density at radius 3 is 1.90 bits per heavy atom. The molecule has 49 heavy (non-hydrogen) atoms. The van der Waals surface area contributed by atoms with Crippen molar-refractivity contribution in [2.45, 2.75) is 0 Å².